The monoisotopic (exact) mass is 421 g/mol. The van der Waals surface area contributed by atoms with Crippen molar-refractivity contribution >= 4 is 5.91 Å². The van der Waals surface area contributed by atoms with Gasteiger partial charge in [0, 0.05) is 11.7 Å². The average Bonchev–Trinajstić information content (AvgIpc) is 3.29. The molecule has 0 bridgehead atoms. The Morgan fingerprint density at radius 1 is 1.06 bits per heavy atom. The molecule has 0 spiro atoms. The maximum Gasteiger partial charge on any atom is 0.270 e. The van der Waals surface area contributed by atoms with Gasteiger partial charge in [-0.25, -0.2) is 4.98 Å². The molecule has 2 aromatic carbocycles. The molecule has 3 rings (SSSR count). The standard InChI is InChI=1S/C25H31N3O3/c1-5-6-7-9-18(2)27-25(29)21-16-26-17-28(21)20-14-12-19(13-15-20)24-22(30-3)10-8-11-23(24)31-4/h8,10-18H,5-7,9H2,1-4H3,(H,27,29). The number of rotatable bonds is 10. The summed E-state index contributed by atoms with van der Waals surface area (Å²) >= 11 is 0. The normalized spacial score (nSPS) is 11.7. The lowest BCUT2D eigenvalue weighted by Crippen LogP contribution is -2.33. The van der Waals surface area contributed by atoms with E-state index in [9.17, 15) is 4.79 Å². The highest BCUT2D eigenvalue weighted by molar-refractivity contribution is 5.93. The minimum absolute atomic E-state index is 0.114. The number of nitrogens with one attached hydrogen (secondary N) is 1. The molecule has 0 aliphatic heterocycles. The van der Waals surface area contributed by atoms with Gasteiger partial charge in [0.1, 0.15) is 17.2 Å². The molecule has 1 N–H and O–H groups in total. The fourth-order valence-corrected chi connectivity index (χ4v) is 3.66. The molecule has 0 saturated carbocycles. The molecule has 1 amide bonds. The molecule has 1 aromatic heterocycles. The average molecular weight is 422 g/mol. The molecule has 0 fully saturated rings. The van der Waals surface area contributed by atoms with Crippen LogP contribution in [0.1, 0.15) is 50.0 Å². The van der Waals surface area contributed by atoms with Crippen LogP contribution in [0.5, 0.6) is 11.5 Å². The molecular formula is C25H31N3O3. The number of nitrogens with zero attached hydrogens (tertiary/aromatic N) is 2. The number of methoxy groups -OCH3 is 2. The summed E-state index contributed by atoms with van der Waals surface area (Å²) in [5.41, 5.74) is 3.24. The number of imidazole rings is 1. The van der Waals surface area contributed by atoms with E-state index >= 15 is 0 Å². The second-order valence-electron chi connectivity index (χ2n) is 7.60. The van der Waals surface area contributed by atoms with Gasteiger partial charge in [-0.1, -0.05) is 44.4 Å². The van der Waals surface area contributed by atoms with E-state index in [1.807, 2.05) is 49.4 Å². The van der Waals surface area contributed by atoms with E-state index in [0.717, 1.165) is 41.2 Å². The van der Waals surface area contributed by atoms with Crippen LogP contribution < -0.4 is 14.8 Å². The van der Waals surface area contributed by atoms with Crippen LogP contribution in [0.15, 0.2) is 55.0 Å². The van der Waals surface area contributed by atoms with Gasteiger partial charge in [0.15, 0.2) is 0 Å². The van der Waals surface area contributed by atoms with Crippen molar-refractivity contribution in [2.75, 3.05) is 14.2 Å². The Bertz CT molecular complexity index is 973. The van der Waals surface area contributed by atoms with Crippen LogP contribution in [-0.4, -0.2) is 35.7 Å². The van der Waals surface area contributed by atoms with Gasteiger partial charge in [-0.3, -0.25) is 9.36 Å². The predicted molar refractivity (Wildman–Crippen MR) is 123 cm³/mol. The van der Waals surface area contributed by atoms with Crippen molar-refractivity contribution in [1.29, 1.82) is 0 Å². The number of unbranched alkanes of at least 4 members (excludes halogenated alkanes) is 2. The number of hydrogen-bond acceptors (Lipinski definition) is 4. The molecule has 1 unspecified atom stereocenters. The molecule has 0 radical (unpaired) electrons. The molecule has 0 aliphatic rings. The first kappa shape index (κ1) is 22.4. The first-order valence-corrected chi connectivity index (χ1v) is 10.7. The molecule has 1 heterocycles. The van der Waals surface area contributed by atoms with Crippen LogP contribution in [0.4, 0.5) is 0 Å². The summed E-state index contributed by atoms with van der Waals surface area (Å²) in [5.74, 6) is 1.37. The number of hydrogen-bond donors (Lipinski definition) is 1. The topological polar surface area (TPSA) is 65.4 Å². The highest BCUT2D eigenvalue weighted by Gasteiger charge is 2.16. The van der Waals surface area contributed by atoms with Crippen LogP contribution >= 0.6 is 0 Å². The van der Waals surface area contributed by atoms with Crippen LogP contribution in [0, 0.1) is 0 Å². The highest BCUT2D eigenvalue weighted by atomic mass is 16.5. The van der Waals surface area contributed by atoms with E-state index in [4.69, 9.17) is 9.47 Å². The van der Waals surface area contributed by atoms with Gasteiger partial charge in [-0.2, -0.15) is 0 Å². The third-order valence-corrected chi connectivity index (χ3v) is 5.35. The first-order valence-electron chi connectivity index (χ1n) is 10.7. The molecule has 6 nitrogen and oxygen atoms in total. The van der Waals surface area contributed by atoms with Crippen molar-refractivity contribution in [3.8, 4) is 28.3 Å². The summed E-state index contributed by atoms with van der Waals surface area (Å²) in [5, 5.41) is 3.09. The smallest absolute Gasteiger partial charge is 0.270 e. The zero-order chi connectivity index (χ0) is 22.2. The molecule has 0 saturated heterocycles. The largest absolute Gasteiger partial charge is 0.496 e. The number of amides is 1. The minimum Gasteiger partial charge on any atom is -0.496 e. The molecular weight excluding hydrogens is 390 g/mol. The zero-order valence-corrected chi connectivity index (χ0v) is 18.7. The van der Waals surface area contributed by atoms with Gasteiger partial charge in [-0.05, 0) is 43.2 Å². The van der Waals surface area contributed by atoms with Gasteiger partial charge >= 0.3 is 0 Å². The van der Waals surface area contributed by atoms with Crippen LogP contribution in [0.2, 0.25) is 0 Å². The number of carbonyl (C=O) groups is 1. The quantitative estimate of drug-likeness (QED) is 0.454. The maximum absolute atomic E-state index is 12.8. The van der Waals surface area contributed by atoms with Crippen molar-refractivity contribution in [2.45, 2.75) is 45.6 Å². The van der Waals surface area contributed by atoms with Gasteiger partial charge in [0.2, 0.25) is 0 Å². The number of benzene rings is 2. The zero-order valence-electron chi connectivity index (χ0n) is 18.7. The molecule has 3 aromatic rings. The lowest BCUT2D eigenvalue weighted by atomic mass is 10.0. The van der Waals surface area contributed by atoms with Gasteiger partial charge in [-0.15, -0.1) is 0 Å². The summed E-state index contributed by atoms with van der Waals surface area (Å²) in [4.78, 5) is 17.0. The van der Waals surface area contributed by atoms with E-state index in [-0.39, 0.29) is 11.9 Å². The third-order valence-electron chi connectivity index (χ3n) is 5.35. The van der Waals surface area contributed by atoms with Crippen molar-refractivity contribution in [1.82, 2.24) is 14.9 Å². The Hall–Kier alpha value is -3.28. The Balaban J connectivity index is 1.81. The molecule has 1 atom stereocenters. The molecule has 164 valence electrons. The van der Waals surface area contributed by atoms with E-state index in [2.05, 4.69) is 17.2 Å². The molecule has 0 aliphatic carbocycles. The van der Waals surface area contributed by atoms with E-state index in [0.29, 0.717) is 5.69 Å². The van der Waals surface area contributed by atoms with Gasteiger partial charge in [0.05, 0.1) is 32.3 Å². The van der Waals surface area contributed by atoms with Crippen molar-refractivity contribution in [2.24, 2.45) is 0 Å². The Morgan fingerprint density at radius 2 is 1.74 bits per heavy atom. The summed E-state index contributed by atoms with van der Waals surface area (Å²) in [6, 6.07) is 13.7. The lowest BCUT2D eigenvalue weighted by Gasteiger charge is -2.15. The first-order chi connectivity index (χ1) is 15.1. The Labute approximate surface area is 184 Å². The predicted octanol–water partition coefficient (Wildman–Crippen LogP) is 5.26. The lowest BCUT2D eigenvalue weighted by molar-refractivity contribution is 0.0931. The molecule has 31 heavy (non-hydrogen) atoms. The number of aromatic nitrogens is 2. The Kier molecular flexibility index (Phi) is 7.70. The van der Waals surface area contributed by atoms with E-state index in [1.54, 1.807) is 31.3 Å². The van der Waals surface area contributed by atoms with Crippen LogP contribution in [0.3, 0.4) is 0 Å². The Morgan fingerprint density at radius 3 is 2.35 bits per heavy atom. The number of ether oxygens (including phenoxy) is 2. The number of carbonyl (C=O) groups excluding carboxylic acids is 1. The van der Waals surface area contributed by atoms with E-state index < -0.39 is 0 Å². The van der Waals surface area contributed by atoms with Crippen molar-refractivity contribution in [3.63, 3.8) is 0 Å². The fourth-order valence-electron chi connectivity index (χ4n) is 3.66. The summed E-state index contributed by atoms with van der Waals surface area (Å²) in [6.07, 6.45) is 7.71. The molecule has 6 heteroatoms. The highest BCUT2D eigenvalue weighted by Crippen LogP contribution is 2.38. The van der Waals surface area contributed by atoms with Gasteiger partial charge in [0.25, 0.3) is 5.91 Å². The van der Waals surface area contributed by atoms with E-state index in [1.165, 1.54) is 12.8 Å². The fraction of sp³-hybridized carbons (Fsp3) is 0.360. The minimum atomic E-state index is -0.114. The summed E-state index contributed by atoms with van der Waals surface area (Å²) in [6.45, 7) is 4.22. The second kappa shape index (κ2) is 10.7. The van der Waals surface area contributed by atoms with Crippen molar-refractivity contribution in [3.05, 3.63) is 60.7 Å². The van der Waals surface area contributed by atoms with Gasteiger partial charge < -0.3 is 14.8 Å². The SMILES string of the molecule is CCCCCC(C)NC(=O)c1cncn1-c1ccc(-c2c(OC)cccc2OC)cc1. The third kappa shape index (κ3) is 5.26. The maximum atomic E-state index is 12.8. The van der Waals surface area contributed by atoms with Crippen LogP contribution in [-0.2, 0) is 0 Å². The van der Waals surface area contributed by atoms with Crippen LogP contribution in [0.25, 0.3) is 16.8 Å². The summed E-state index contributed by atoms with van der Waals surface area (Å²) < 4.78 is 12.8. The summed E-state index contributed by atoms with van der Waals surface area (Å²) in [7, 11) is 3.29. The van der Waals surface area contributed by atoms with Crippen molar-refractivity contribution < 1.29 is 14.3 Å². The second-order valence-corrected chi connectivity index (χ2v) is 7.60.